The highest BCUT2D eigenvalue weighted by Gasteiger charge is 2.45. The summed E-state index contributed by atoms with van der Waals surface area (Å²) in [6.45, 7) is 3.74. The van der Waals surface area contributed by atoms with E-state index in [0.717, 1.165) is 11.1 Å². The molecule has 23 heavy (non-hydrogen) atoms. The average molecular weight is 308 g/mol. The molecule has 0 aliphatic carbocycles. The van der Waals surface area contributed by atoms with Gasteiger partial charge in [0.2, 0.25) is 5.91 Å². The topological polar surface area (TPSA) is 49.4 Å². The van der Waals surface area contributed by atoms with Crippen LogP contribution >= 0.6 is 0 Å². The minimum absolute atomic E-state index is 0.0605. The summed E-state index contributed by atoms with van der Waals surface area (Å²) in [5.41, 5.74) is 1.97. The largest absolute Gasteiger partial charge is 0.327 e. The summed E-state index contributed by atoms with van der Waals surface area (Å²) in [4.78, 5) is 25.8. The van der Waals surface area contributed by atoms with Gasteiger partial charge in [-0.15, -0.1) is 0 Å². The molecule has 1 fully saturated rings. The molecular weight excluding hydrogens is 288 g/mol. The summed E-state index contributed by atoms with van der Waals surface area (Å²) >= 11 is 0. The Morgan fingerprint density at radius 2 is 1.43 bits per heavy atom. The summed E-state index contributed by atoms with van der Waals surface area (Å²) in [6, 6.07) is 18.9. The highest BCUT2D eigenvalue weighted by Crippen LogP contribution is 2.28. The molecular formula is C19H20N2O2. The first-order chi connectivity index (χ1) is 11.1. The van der Waals surface area contributed by atoms with Crippen LogP contribution in [0.4, 0.5) is 4.79 Å². The summed E-state index contributed by atoms with van der Waals surface area (Å²) in [5.74, 6) is -0.206. The highest BCUT2D eigenvalue weighted by molar-refractivity contribution is 6.01. The third-order valence-corrected chi connectivity index (χ3v) is 4.51. The van der Waals surface area contributed by atoms with E-state index >= 15 is 0 Å². The van der Waals surface area contributed by atoms with Crippen molar-refractivity contribution in [3.8, 4) is 0 Å². The van der Waals surface area contributed by atoms with Crippen molar-refractivity contribution in [3.05, 3.63) is 71.8 Å². The second-order valence-electron chi connectivity index (χ2n) is 5.94. The highest BCUT2D eigenvalue weighted by atomic mass is 16.2. The molecule has 0 radical (unpaired) electrons. The lowest BCUT2D eigenvalue weighted by Gasteiger charge is -2.42. The van der Waals surface area contributed by atoms with Gasteiger partial charge in [-0.1, -0.05) is 67.6 Å². The summed E-state index contributed by atoms with van der Waals surface area (Å²) in [7, 11) is 0. The number of carbonyl (C=O) groups excluding carboxylic acids is 2. The molecule has 4 nitrogen and oxygen atoms in total. The lowest BCUT2D eigenvalue weighted by Crippen LogP contribution is -2.63. The smallest absolute Gasteiger partial charge is 0.325 e. The summed E-state index contributed by atoms with van der Waals surface area (Å²) < 4.78 is 0. The molecule has 0 aromatic heterocycles. The number of benzene rings is 2. The summed E-state index contributed by atoms with van der Waals surface area (Å²) in [5, 5.41) is 3.00. The Labute approximate surface area is 136 Å². The molecule has 1 heterocycles. The van der Waals surface area contributed by atoms with Gasteiger partial charge in [-0.2, -0.15) is 0 Å². The zero-order chi connectivity index (χ0) is 16.4. The minimum atomic E-state index is -0.335. The summed E-state index contributed by atoms with van der Waals surface area (Å²) in [6.07, 6.45) is 0. The van der Waals surface area contributed by atoms with Crippen molar-refractivity contribution in [2.24, 2.45) is 5.92 Å². The molecule has 1 aliphatic rings. The molecule has 0 saturated carbocycles. The fourth-order valence-corrected chi connectivity index (χ4v) is 2.90. The second kappa shape index (κ2) is 6.24. The Morgan fingerprint density at radius 3 is 1.87 bits per heavy atom. The Balaban J connectivity index is 1.85. The molecule has 3 amide bonds. The van der Waals surface area contributed by atoms with E-state index in [2.05, 4.69) is 5.32 Å². The maximum Gasteiger partial charge on any atom is 0.325 e. The molecule has 1 aliphatic heterocycles. The van der Waals surface area contributed by atoms with Crippen LogP contribution in [0.2, 0.25) is 0 Å². The van der Waals surface area contributed by atoms with E-state index in [1.807, 2.05) is 74.5 Å². The number of amides is 3. The number of imide groups is 1. The lowest BCUT2D eigenvalue weighted by molar-refractivity contribution is -0.147. The number of hydrogen-bond donors (Lipinski definition) is 1. The van der Waals surface area contributed by atoms with Gasteiger partial charge in [0.1, 0.15) is 0 Å². The fourth-order valence-electron chi connectivity index (χ4n) is 2.90. The SMILES string of the molecule is C[C@@H]1[C@@H](C)C(=O)N1C(=O)NC(c1ccccc1)c1ccccc1. The molecule has 2 aromatic carbocycles. The van der Waals surface area contributed by atoms with E-state index in [-0.39, 0.29) is 29.9 Å². The first kappa shape index (κ1) is 15.3. The molecule has 118 valence electrons. The van der Waals surface area contributed by atoms with E-state index < -0.39 is 0 Å². The van der Waals surface area contributed by atoms with Gasteiger partial charge in [0.05, 0.1) is 12.0 Å². The van der Waals surface area contributed by atoms with Crippen molar-refractivity contribution in [1.82, 2.24) is 10.2 Å². The predicted molar refractivity (Wildman–Crippen MR) is 88.7 cm³/mol. The van der Waals surface area contributed by atoms with Crippen LogP contribution in [0, 0.1) is 5.92 Å². The number of nitrogens with one attached hydrogen (secondary N) is 1. The first-order valence-corrected chi connectivity index (χ1v) is 7.83. The minimum Gasteiger partial charge on any atom is -0.327 e. The third-order valence-electron chi connectivity index (χ3n) is 4.51. The van der Waals surface area contributed by atoms with Gasteiger partial charge in [0, 0.05) is 6.04 Å². The first-order valence-electron chi connectivity index (χ1n) is 7.83. The van der Waals surface area contributed by atoms with E-state index in [1.165, 1.54) is 4.90 Å². The van der Waals surface area contributed by atoms with Crippen molar-refractivity contribution in [2.75, 3.05) is 0 Å². The van der Waals surface area contributed by atoms with E-state index in [1.54, 1.807) is 0 Å². The van der Waals surface area contributed by atoms with Crippen LogP contribution in [-0.2, 0) is 4.79 Å². The number of nitrogens with zero attached hydrogens (tertiary/aromatic N) is 1. The predicted octanol–water partition coefficient (Wildman–Crippen LogP) is 3.35. The van der Waals surface area contributed by atoms with Gasteiger partial charge in [-0.25, -0.2) is 4.79 Å². The average Bonchev–Trinajstić information content (AvgIpc) is 2.61. The van der Waals surface area contributed by atoms with Gasteiger partial charge >= 0.3 is 6.03 Å². The van der Waals surface area contributed by atoms with Crippen molar-refractivity contribution in [1.29, 1.82) is 0 Å². The van der Waals surface area contributed by atoms with Crippen LogP contribution in [0.5, 0.6) is 0 Å². The van der Waals surface area contributed by atoms with Gasteiger partial charge in [-0.3, -0.25) is 9.69 Å². The Hall–Kier alpha value is -2.62. The lowest BCUT2D eigenvalue weighted by atomic mass is 9.91. The van der Waals surface area contributed by atoms with Crippen LogP contribution < -0.4 is 5.32 Å². The number of rotatable bonds is 3. The van der Waals surface area contributed by atoms with Crippen LogP contribution in [0.15, 0.2) is 60.7 Å². The normalized spacial score (nSPS) is 20.3. The molecule has 0 unspecified atom stereocenters. The van der Waals surface area contributed by atoms with Crippen molar-refractivity contribution in [3.63, 3.8) is 0 Å². The zero-order valence-corrected chi connectivity index (χ0v) is 13.3. The van der Waals surface area contributed by atoms with Gasteiger partial charge in [-0.05, 0) is 18.1 Å². The number of hydrogen-bond acceptors (Lipinski definition) is 2. The van der Waals surface area contributed by atoms with Crippen molar-refractivity contribution >= 4 is 11.9 Å². The fraction of sp³-hybridized carbons (Fsp3) is 0.263. The van der Waals surface area contributed by atoms with Crippen molar-refractivity contribution in [2.45, 2.75) is 25.9 Å². The Morgan fingerprint density at radius 1 is 0.957 bits per heavy atom. The van der Waals surface area contributed by atoms with Gasteiger partial charge in [0.25, 0.3) is 0 Å². The number of β-lactam (4-membered cyclic amide) rings is 1. The number of likely N-dealkylation sites (tertiary alicyclic amines) is 1. The standard InChI is InChI=1S/C19H20N2O2/c1-13-14(2)21(18(13)22)19(23)20-17(15-9-5-3-6-10-15)16-11-7-4-8-12-16/h3-14,17H,1-2H3,(H,20,23)/t13-,14-/m1/s1. The van der Waals surface area contributed by atoms with Gasteiger partial charge < -0.3 is 5.32 Å². The van der Waals surface area contributed by atoms with Crippen LogP contribution in [0.1, 0.15) is 31.0 Å². The Kier molecular flexibility index (Phi) is 4.15. The van der Waals surface area contributed by atoms with Crippen molar-refractivity contribution < 1.29 is 9.59 Å². The van der Waals surface area contributed by atoms with Gasteiger partial charge in [0.15, 0.2) is 0 Å². The molecule has 1 N–H and O–H groups in total. The molecule has 2 aromatic rings. The zero-order valence-electron chi connectivity index (χ0n) is 13.3. The van der Waals surface area contributed by atoms with Crippen LogP contribution in [0.3, 0.4) is 0 Å². The quantitative estimate of drug-likeness (QED) is 0.884. The monoisotopic (exact) mass is 308 g/mol. The molecule has 0 bridgehead atoms. The second-order valence-corrected chi connectivity index (χ2v) is 5.94. The van der Waals surface area contributed by atoms with E-state index in [0.29, 0.717) is 0 Å². The number of urea groups is 1. The molecule has 4 heteroatoms. The maximum atomic E-state index is 12.5. The molecule has 3 rings (SSSR count). The Bertz CT molecular complexity index is 660. The molecule has 2 atom stereocenters. The number of carbonyl (C=O) groups is 2. The van der Waals surface area contributed by atoms with Crippen LogP contribution in [0.25, 0.3) is 0 Å². The van der Waals surface area contributed by atoms with E-state index in [4.69, 9.17) is 0 Å². The maximum absolute atomic E-state index is 12.5. The van der Waals surface area contributed by atoms with Crippen LogP contribution in [-0.4, -0.2) is 22.9 Å². The molecule has 0 spiro atoms. The molecule has 1 saturated heterocycles. The third kappa shape index (κ3) is 2.84. The van der Waals surface area contributed by atoms with E-state index in [9.17, 15) is 9.59 Å².